The van der Waals surface area contributed by atoms with Crippen LogP contribution in [-0.4, -0.2) is 81.4 Å². The first-order valence-corrected chi connectivity index (χ1v) is 3.62. The molecule has 0 heterocycles. The van der Waals surface area contributed by atoms with Gasteiger partial charge in [0.25, 0.3) is 0 Å². The monoisotopic (exact) mass is 164 g/mol. The zero-order chi connectivity index (χ0) is 5.91. The molecule has 0 atom stereocenters. The molecule has 4 nitrogen and oxygen atoms in total. The van der Waals surface area contributed by atoms with Crippen molar-refractivity contribution in [3.63, 3.8) is 0 Å². The number of rotatable bonds is 2. The molecule has 8 heavy (non-hydrogen) atoms. The average Bonchev–Trinajstić information content (AvgIpc) is 1.30. The van der Waals surface area contributed by atoms with Crippen LogP contribution in [0.3, 0.4) is 0 Å². The van der Waals surface area contributed by atoms with Gasteiger partial charge in [0.15, 0.2) is 0 Å². The van der Waals surface area contributed by atoms with Gasteiger partial charge >= 0.3 is 60.4 Å². The Kier molecular flexibility index (Phi) is 8.47. The van der Waals surface area contributed by atoms with Gasteiger partial charge < -0.3 is 18.8 Å². The molecule has 0 aliphatic rings. The van der Waals surface area contributed by atoms with Gasteiger partial charge in [-0.25, -0.2) is 0 Å². The third-order valence-electron chi connectivity index (χ3n) is 0.338. The van der Waals surface area contributed by atoms with Crippen LogP contribution in [0, 0.1) is 0 Å². The van der Waals surface area contributed by atoms with Crippen LogP contribution < -0.4 is 0 Å². The van der Waals surface area contributed by atoms with E-state index in [9.17, 15) is 0 Å². The molecule has 0 fully saturated rings. The van der Waals surface area contributed by atoms with Crippen molar-refractivity contribution < 1.29 is 18.8 Å². The third kappa shape index (κ3) is 10.6. The second-order valence-electron chi connectivity index (χ2n) is 1.01. The fraction of sp³-hybridized carbons (Fsp3) is 1.00. The summed E-state index contributed by atoms with van der Waals surface area (Å²) in [6, 6.07) is 0. The van der Waals surface area contributed by atoms with Crippen LogP contribution in [0.4, 0.5) is 0 Å². The Morgan fingerprint density at radius 3 is 1.75 bits per heavy atom. The van der Waals surface area contributed by atoms with E-state index in [1.165, 1.54) is 0 Å². The Morgan fingerprint density at radius 2 is 1.75 bits per heavy atom. The van der Waals surface area contributed by atoms with Gasteiger partial charge in [-0.05, 0) is 6.92 Å². The maximum absolute atomic E-state index is 8.05. The van der Waals surface area contributed by atoms with Crippen molar-refractivity contribution in [3.8, 4) is 0 Å². The molecule has 0 aliphatic carbocycles. The normalized spacial score (nSPS) is 10.5. The van der Waals surface area contributed by atoms with Gasteiger partial charge in [0, 0.05) is 6.61 Å². The second-order valence-corrected chi connectivity index (χ2v) is 2.44. The SMILES string of the molecule is CCO[Si](O)(O)O.[KH]. The summed E-state index contributed by atoms with van der Waals surface area (Å²) in [5, 5.41) is 0. The minimum atomic E-state index is -4.16. The number of hydrogen-bond donors (Lipinski definition) is 3. The van der Waals surface area contributed by atoms with Crippen LogP contribution >= 0.6 is 0 Å². The van der Waals surface area contributed by atoms with Crippen molar-refractivity contribution >= 4 is 60.4 Å². The second kappa shape index (κ2) is 5.48. The zero-order valence-electron chi connectivity index (χ0n) is 3.96. The van der Waals surface area contributed by atoms with Gasteiger partial charge in [-0.15, -0.1) is 0 Å². The van der Waals surface area contributed by atoms with Crippen LogP contribution in [0.2, 0.25) is 0 Å². The predicted molar refractivity (Wildman–Crippen MR) is 31.2 cm³/mol. The van der Waals surface area contributed by atoms with E-state index in [0.717, 1.165) is 0 Å². The molecule has 46 valence electrons. The van der Waals surface area contributed by atoms with Crippen LogP contribution in [0.1, 0.15) is 6.92 Å². The molecule has 0 rings (SSSR count). The molecule has 0 aromatic carbocycles. The summed E-state index contributed by atoms with van der Waals surface area (Å²) in [5.74, 6) is 0. The van der Waals surface area contributed by atoms with E-state index in [4.69, 9.17) is 14.4 Å². The summed E-state index contributed by atoms with van der Waals surface area (Å²) >= 11 is 0. The molecule has 0 spiro atoms. The van der Waals surface area contributed by atoms with Crippen molar-refractivity contribution in [2.45, 2.75) is 6.92 Å². The molecular formula is C2H9KO4Si. The molecule has 0 aromatic rings. The molecule has 0 amide bonds. The van der Waals surface area contributed by atoms with Gasteiger partial charge in [-0.3, -0.25) is 0 Å². The van der Waals surface area contributed by atoms with E-state index >= 15 is 0 Å². The Hall–Kier alpha value is 1.69. The fourth-order valence-electron chi connectivity index (χ4n) is 0.194. The summed E-state index contributed by atoms with van der Waals surface area (Å²) in [5.41, 5.74) is 0. The molecule has 0 radical (unpaired) electrons. The topological polar surface area (TPSA) is 69.9 Å². The van der Waals surface area contributed by atoms with Gasteiger partial charge in [0.2, 0.25) is 0 Å². The van der Waals surface area contributed by atoms with Crippen molar-refractivity contribution in [3.05, 3.63) is 0 Å². The first kappa shape index (κ1) is 12.4. The molecule has 0 aliphatic heterocycles. The van der Waals surface area contributed by atoms with Crippen molar-refractivity contribution in [2.24, 2.45) is 0 Å². The summed E-state index contributed by atoms with van der Waals surface area (Å²) in [6.07, 6.45) is 0. The summed E-state index contributed by atoms with van der Waals surface area (Å²) in [4.78, 5) is 24.1. The first-order valence-electron chi connectivity index (χ1n) is 1.87. The Morgan fingerprint density at radius 1 is 1.38 bits per heavy atom. The Labute approximate surface area is 91.4 Å². The quantitative estimate of drug-likeness (QED) is 0.405. The van der Waals surface area contributed by atoms with Crippen molar-refractivity contribution in [2.75, 3.05) is 6.61 Å². The summed E-state index contributed by atoms with van der Waals surface area (Å²) in [6.45, 7) is 1.68. The Bertz CT molecular complexity index is 52.5. The van der Waals surface area contributed by atoms with Gasteiger partial charge in [-0.1, -0.05) is 0 Å². The van der Waals surface area contributed by atoms with E-state index < -0.39 is 9.05 Å². The zero-order valence-corrected chi connectivity index (χ0v) is 4.96. The van der Waals surface area contributed by atoms with Gasteiger partial charge in [0.1, 0.15) is 0 Å². The van der Waals surface area contributed by atoms with Gasteiger partial charge in [0.05, 0.1) is 0 Å². The molecule has 6 heteroatoms. The van der Waals surface area contributed by atoms with Crippen molar-refractivity contribution in [1.82, 2.24) is 0 Å². The predicted octanol–water partition coefficient (Wildman–Crippen LogP) is -2.21. The summed E-state index contributed by atoms with van der Waals surface area (Å²) < 4.78 is 4.03. The molecular weight excluding hydrogens is 155 g/mol. The van der Waals surface area contributed by atoms with E-state index in [-0.39, 0.29) is 58.0 Å². The third-order valence-corrected chi connectivity index (χ3v) is 1.01. The van der Waals surface area contributed by atoms with E-state index in [0.29, 0.717) is 0 Å². The van der Waals surface area contributed by atoms with Crippen LogP contribution in [-0.2, 0) is 4.43 Å². The number of hydrogen-bond acceptors (Lipinski definition) is 4. The first-order chi connectivity index (χ1) is 3.06. The van der Waals surface area contributed by atoms with Crippen LogP contribution in [0.15, 0.2) is 0 Å². The average molecular weight is 164 g/mol. The fourth-order valence-corrected chi connectivity index (χ4v) is 0.581. The molecule has 0 saturated carbocycles. The van der Waals surface area contributed by atoms with E-state index in [2.05, 4.69) is 4.43 Å². The molecule has 0 aromatic heterocycles. The van der Waals surface area contributed by atoms with E-state index in [1.807, 2.05) is 0 Å². The Balaban J connectivity index is 0. The minimum absolute atomic E-state index is 0. The van der Waals surface area contributed by atoms with Gasteiger partial charge in [-0.2, -0.15) is 0 Å². The standard InChI is InChI=1S/C2H8O4Si.K.H/c1-2-6-7(3,4)5;;/h3-5H,2H2,1H3;;. The molecule has 0 bridgehead atoms. The molecule has 0 unspecified atom stereocenters. The summed E-state index contributed by atoms with van der Waals surface area (Å²) in [7, 11) is -4.16. The van der Waals surface area contributed by atoms with Crippen molar-refractivity contribution in [1.29, 1.82) is 0 Å². The molecule has 0 saturated heterocycles. The van der Waals surface area contributed by atoms with Crippen LogP contribution in [0.5, 0.6) is 0 Å². The maximum atomic E-state index is 8.05. The molecule has 3 N–H and O–H groups in total. The van der Waals surface area contributed by atoms with E-state index in [1.54, 1.807) is 6.92 Å². The van der Waals surface area contributed by atoms with Crippen LogP contribution in [0.25, 0.3) is 0 Å².